The van der Waals surface area contributed by atoms with Gasteiger partial charge in [-0.1, -0.05) is 23.7 Å². The van der Waals surface area contributed by atoms with Gasteiger partial charge in [-0.15, -0.1) is 0 Å². The summed E-state index contributed by atoms with van der Waals surface area (Å²) >= 11 is 5.89. The minimum absolute atomic E-state index is 0.112. The van der Waals surface area contributed by atoms with E-state index >= 15 is 0 Å². The van der Waals surface area contributed by atoms with Gasteiger partial charge in [0.15, 0.2) is 0 Å². The van der Waals surface area contributed by atoms with E-state index in [1.54, 1.807) is 18.6 Å². The zero-order chi connectivity index (χ0) is 22.9. The number of hydrogen-bond donors (Lipinski definition) is 2. The van der Waals surface area contributed by atoms with E-state index in [0.29, 0.717) is 17.1 Å². The average Bonchev–Trinajstić information content (AvgIpc) is 3.27. The van der Waals surface area contributed by atoms with Crippen molar-refractivity contribution in [2.24, 2.45) is 0 Å². The van der Waals surface area contributed by atoms with Gasteiger partial charge < -0.3 is 24.5 Å². The maximum absolute atomic E-state index is 12.1. The van der Waals surface area contributed by atoms with Crippen molar-refractivity contribution in [3.05, 3.63) is 82.8 Å². The Labute approximate surface area is 189 Å². The third-order valence-corrected chi connectivity index (χ3v) is 4.56. The third kappa shape index (κ3) is 6.69. The number of carbonyl (C=O) groups excluding carboxylic acids is 3. The number of methoxy groups -OCH3 is 1. The van der Waals surface area contributed by atoms with Gasteiger partial charge >= 0.3 is 5.97 Å². The molecular weight excluding hydrogens is 436 g/mol. The Balaban J connectivity index is 1.47. The number of anilines is 2. The highest BCUT2D eigenvalue weighted by molar-refractivity contribution is 6.31. The summed E-state index contributed by atoms with van der Waals surface area (Å²) in [7, 11) is 1.23. The predicted molar refractivity (Wildman–Crippen MR) is 119 cm³/mol. The highest BCUT2D eigenvalue weighted by Crippen LogP contribution is 2.21. The SMILES string of the molecule is COC(=O)c1cc(Cl)ccc1NC(=O)COCC(=O)Nc1cccc(Cc2ccoc2)c1. The lowest BCUT2D eigenvalue weighted by molar-refractivity contribution is -0.125. The maximum Gasteiger partial charge on any atom is 0.340 e. The molecule has 2 N–H and O–H groups in total. The van der Waals surface area contributed by atoms with Crippen molar-refractivity contribution in [3.63, 3.8) is 0 Å². The first kappa shape index (κ1) is 23.1. The van der Waals surface area contributed by atoms with Crippen LogP contribution in [0.3, 0.4) is 0 Å². The number of esters is 1. The summed E-state index contributed by atoms with van der Waals surface area (Å²) in [5.41, 5.74) is 3.00. The molecule has 0 bridgehead atoms. The Morgan fingerprint density at radius 3 is 2.47 bits per heavy atom. The van der Waals surface area contributed by atoms with E-state index < -0.39 is 17.8 Å². The molecule has 1 heterocycles. The molecule has 0 aliphatic rings. The molecule has 3 aromatic rings. The van der Waals surface area contributed by atoms with Crippen LogP contribution in [0.2, 0.25) is 5.02 Å². The molecule has 0 radical (unpaired) electrons. The molecular formula is C23H21ClN2O6. The van der Waals surface area contributed by atoms with Gasteiger partial charge in [0.1, 0.15) is 13.2 Å². The van der Waals surface area contributed by atoms with Gasteiger partial charge in [0.2, 0.25) is 11.8 Å². The summed E-state index contributed by atoms with van der Waals surface area (Å²) in [4.78, 5) is 36.1. The highest BCUT2D eigenvalue weighted by Gasteiger charge is 2.15. The molecule has 0 spiro atoms. The number of halogens is 1. The molecule has 2 aromatic carbocycles. The molecule has 0 aliphatic carbocycles. The molecule has 0 unspecified atom stereocenters. The van der Waals surface area contributed by atoms with E-state index in [-0.39, 0.29) is 24.5 Å². The van der Waals surface area contributed by atoms with Gasteiger partial charge in [0.25, 0.3) is 0 Å². The monoisotopic (exact) mass is 456 g/mol. The summed E-state index contributed by atoms with van der Waals surface area (Å²) in [6, 6.07) is 13.7. The maximum atomic E-state index is 12.1. The van der Waals surface area contributed by atoms with Crippen LogP contribution in [0, 0.1) is 0 Å². The standard InChI is InChI=1S/C23H21ClN2O6/c1-30-23(29)19-11-17(24)5-6-20(19)26-22(28)14-32-13-21(27)25-18-4-2-3-15(10-18)9-16-7-8-31-12-16/h2-8,10-12H,9,13-14H2,1H3,(H,25,27)(H,26,28). The lowest BCUT2D eigenvalue weighted by Crippen LogP contribution is -2.24. The Morgan fingerprint density at radius 1 is 0.969 bits per heavy atom. The molecule has 0 aliphatic heterocycles. The minimum Gasteiger partial charge on any atom is -0.472 e. The smallest absolute Gasteiger partial charge is 0.340 e. The summed E-state index contributed by atoms with van der Waals surface area (Å²) in [6.45, 7) is -0.693. The largest absolute Gasteiger partial charge is 0.472 e. The Hall–Kier alpha value is -3.62. The number of amides is 2. The Morgan fingerprint density at radius 2 is 1.75 bits per heavy atom. The van der Waals surface area contributed by atoms with Crippen molar-refractivity contribution in [1.82, 2.24) is 0 Å². The number of hydrogen-bond acceptors (Lipinski definition) is 6. The molecule has 166 valence electrons. The first-order chi connectivity index (χ1) is 15.4. The topological polar surface area (TPSA) is 107 Å². The van der Waals surface area contributed by atoms with Crippen molar-refractivity contribution >= 4 is 40.8 Å². The zero-order valence-corrected chi connectivity index (χ0v) is 18.0. The van der Waals surface area contributed by atoms with Crippen LogP contribution in [-0.2, 0) is 25.5 Å². The van der Waals surface area contributed by atoms with Crippen LogP contribution in [0.5, 0.6) is 0 Å². The minimum atomic E-state index is -0.641. The van der Waals surface area contributed by atoms with Crippen LogP contribution in [0.25, 0.3) is 0 Å². The summed E-state index contributed by atoms with van der Waals surface area (Å²) in [6.07, 6.45) is 3.95. The van der Waals surface area contributed by atoms with Gasteiger partial charge in [-0.2, -0.15) is 0 Å². The molecule has 0 fully saturated rings. The number of carbonyl (C=O) groups is 3. The van der Waals surface area contributed by atoms with Crippen LogP contribution in [0.4, 0.5) is 11.4 Å². The van der Waals surface area contributed by atoms with Crippen LogP contribution in [0.15, 0.2) is 65.5 Å². The number of rotatable bonds is 9. The fraction of sp³-hybridized carbons (Fsp3) is 0.174. The molecule has 0 saturated heterocycles. The van der Waals surface area contributed by atoms with Crippen molar-refractivity contribution in [2.75, 3.05) is 31.0 Å². The quantitative estimate of drug-likeness (QED) is 0.473. The Bertz CT molecular complexity index is 1100. The van der Waals surface area contributed by atoms with Crippen molar-refractivity contribution in [1.29, 1.82) is 0 Å². The number of nitrogens with one attached hydrogen (secondary N) is 2. The van der Waals surface area contributed by atoms with E-state index in [4.69, 9.17) is 20.8 Å². The number of furan rings is 1. The molecule has 32 heavy (non-hydrogen) atoms. The van der Waals surface area contributed by atoms with Crippen LogP contribution < -0.4 is 10.6 Å². The fourth-order valence-corrected chi connectivity index (χ4v) is 3.08. The zero-order valence-electron chi connectivity index (χ0n) is 17.2. The molecule has 0 atom stereocenters. The second-order valence-corrected chi connectivity index (χ2v) is 7.22. The lowest BCUT2D eigenvalue weighted by atomic mass is 10.1. The first-order valence-corrected chi connectivity index (χ1v) is 9.97. The molecule has 9 heteroatoms. The first-order valence-electron chi connectivity index (χ1n) is 9.60. The van der Waals surface area contributed by atoms with E-state index in [9.17, 15) is 14.4 Å². The molecule has 0 saturated carbocycles. The molecule has 8 nitrogen and oxygen atoms in total. The highest BCUT2D eigenvalue weighted by atomic mass is 35.5. The summed E-state index contributed by atoms with van der Waals surface area (Å²) in [5, 5.41) is 5.59. The van der Waals surface area contributed by atoms with Crippen molar-refractivity contribution < 1.29 is 28.3 Å². The van der Waals surface area contributed by atoms with Crippen LogP contribution in [-0.4, -0.2) is 38.1 Å². The molecule has 2 amide bonds. The predicted octanol–water partition coefficient (Wildman–Crippen LogP) is 3.90. The second kappa shape index (κ2) is 11.1. The van der Waals surface area contributed by atoms with Crippen LogP contribution >= 0.6 is 11.6 Å². The average molecular weight is 457 g/mol. The van der Waals surface area contributed by atoms with Crippen molar-refractivity contribution in [3.8, 4) is 0 Å². The normalized spacial score (nSPS) is 10.4. The number of ether oxygens (including phenoxy) is 2. The van der Waals surface area contributed by atoms with E-state index in [0.717, 1.165) is 11.1 Å². The summed E-state index contributed by atoms with van der Waals surface area (Å²) < 4.78 is 14.9. The van der Waals surface area contributed by atoms with E-state index in [1.807, 2.05) is 24.3 Å². The lowest BCUT2D eigenvalue weighted by Gasteiger charge is -2.11. The Kier molecular flexibility index (Phi) is 8.02. The fourth-order valence-electron chi connectivity index (χ4n) is 2.91. The van der Waals surface area contributed by atoms with Gasteiger partial charge in [-0.3, -0.25) is 9.59 Å². The van der Waals surface area contributed by atoms with Gasteiger partial charge in [-0.05, 0) is 47.5 Å². The second-order valence-electron chi connectivity index (χ2n) is 6.78. The van der Waals surface area contributed by atoms with Gasteiger partial charge in [-0.25, -0.2) is 4.79 Å². The molecule has 1 aromatic heterocycles. The number of benzene rings is 2. The molecule has 3 rings (SSSR count). The van der Waals surface area contributed by atoms with Crippen molar-refractivity contribution in [2.45, 2.75) is 6.42 Å². The van der Waals surface area contributed by atoms with Gasteiger partial charge in [0, 0.05) is 17.1 Å². The third-order valence-electron chi connectivity index (χ3n) is 4.33. The van der Waals surface area contributed by atoms with Gasteiger partial charge in [0.05, 0.1) is 30.9 Å². The van der Waals surface area contributed by atoms with E-state index in [2.05, 4.69) is 15.4 Å². The van der Waals surface area contributed by atoms with E-state index in [1.165, 1.54) is 25.3 Å². The van der Waals surface area contributed by atoms with Crippen LogP contribution in [0.1, 0.15) is 21.5 Å². The summed E-state index contributed by atoms with van der Waals surface area (Å²) in [5.74, 6) is -1.58.